The minimum atomic E-state index is -0.508. The molecule has 0 aromatic heterocycles. The number of amides is 1. The summed E-state index contributed by atoms with van der Waals surface area (Å²) in [7, 11) is 0. The average Bonchev–Trinajstić information content (AvgIpc) is 3.11. The summed E-state index contributed by atoms with van der Waals surface area (Å²) in [5.74, 6) is 0.297. The molecular weight excluding hydrogens is 378 g/mol. The van der Waals surface area contributed by atoms with Gasteiger partial charge in [-0.3, -0.25) is 9.79 Å². The summed E-state index contributed by atoms with van der Waals surface area (Å²) in [5, 5.41) is 11.9. The maximum Gasteiger partial charge on any atom is 0.246 e. The van der Waals surface area contributed by atoms with Crippen molar-refractivity contribution in [1.29, 1.82) is 0 Å². The van der Waals surface area contributed by atoms with Gasteiger partial charge in [0.2, 0.25) is 5.91 Å². The second-order valence-corrected chi connectivity index (χ2v) is 7.75. The molecule has 0 saturated heterocycles. The molecule has 158 valence electrons. The Morgan fingerprint density at radius 3 is 2.80 bits per heavy atom. The highest BCUT2D eigenvalue weighted by molar-refractivity contribution is 6.02. The summed E-state index contributed by atoms with van der Waals surface area (Å²) in [4.78, 5) is 16.3. The first-order chi connectivity index (χ1) is 14.3. The number of nitrogen functional groups attached to an aromatic ring is 1. The van der Waals surface area contributed by atoms with Gasteiger partial charge >= 0.3 is 0 Å². The Hall–Kier alpha value is -3.12. The van der Waals surface area contributed by atoms with Crippen molar-refractivity contribution >= 4 is 23.0 Å². The fourth-order valence-electron chi connectivity index (χ4n) is 3.78. The minimum Gasteiger partial charge on any atom is -0.489 e. The standard InChI is InChI=1S/C24H29N3O3/c1-14(2)30-23-11-8-17(12-21(23)25)15(3)26-16(4)18-6-5-7-20-19(18)9-10-22(20)27-24(29)13-28/h5-8,11-12,14,22,28H,4,9-10,13,25H2,1-3H3,(H,27,29)/b26-15+/t22-/m0/s1. The zero-order chi connectivity index (χ0) is 21.8. The Morgan fingerprint density at radius 1 is 1.37 bits per heavy atom. The van der Waals surface area contributed by atoms with Crippen LogP contribution in [0, 0.1) is 0 Å². The molecule has 4 N–H and O–H groups in total. The molecule has 0 saturated carbocycles. The van der Waals surface area contributed by atoms with Crippen LogP contribution in [0.1, 0.15) is 55.5 Å². The zero-order valence-electron chi connectivity index (χ0n) is 17.7. The molecule has 0 unspecified atom stereocenters. The van der Waals surface area contributed by atoms with Crippen molar-refractivity contribution in [2.45, 2.75) is 45.8 Å². The smallest absolute Gasteiger partial charge is 0.246 e. The van der Waals surface area contributed by atoms with E-state index in [1.165, 1.54) is 0 Å². The van der Waals surface area contributed by atoms with E-state index in [2.05, 4.69) is 11.9 Å². The van der Waals surface area contributed by atoms with Crippen LogP contribution >= 0.6 is 0 Å². The molecule has 0 spiro atoms. The van der Waals surface area contributed by atoms with E-state index in [-0.39, 0.29) is 18.1 Å². The number of nitrogens with zero attached hydrogens (tertiary/aromatic N) is 1. The van der Waals surface area contributed by atoms with E-state index in [0.29, 0.717) is 17.1 Å². The number of fused-ring (bicyclic) bond motifs is 1. The first-order valence-electron chi connectivity index (χ1n) is 10.1. The minimum absolute atomic E-state index is 0.0545. The fourth-order valence-corrected chi connectivity index (χ4v) is 3.78. The number of benzene rings is 2. The Balaban J connectivity index is 1.83. The molecule has 2 aromatic carbocycles. The number of carbonyl (C=O) groups is 1. The number of aliphatic hydroxyl groups is 1. The van der Waals surface area contributed by atoms with Crippen molar-refractivity contribution in [1.82, 2.24) is 5.32 Å². The summed E-state index contributed by atoms with van der Waals surface area (Å²) in [6.45, 7) is 9.52. The SMILES string of the molecule is C=C(/N=C(\C)c1ccc(OC(C)C)c(N)c1)c1cccc2c1CC[C@@H]2NC(=O)CO. The highest BCUT2D eigenvalue weighted by atomic mass is 16.5. The largest absolute Gasteiger partial charge is 0.489 e. The number of hydrogen-bond acceptors (Lipinski definition) is 5. The number of ether oxygens (including phenoxy) is 1. The molecular formula is C24H29N3O3. The van der Waals surface area contributed by atoms with E-state index in [0.717, 1.165) is 40.8 Å². The van der Waals surface area contributed by atoms with E-state index in [1.807, 2.05) is 57.2 Å². The predicted octanol–water partition coefficient (Wildman–Crippen LogP) is 3.63. The van der Waals surface area contributed by atoms with Crippen LogP contribution in [-0.4, -0.2) is 29.4 Å². The molecule has 1 amide bonds. The number of anilines is 1. The number of nitrogens with one attached hydrogen (secondary N) is 1. The van der Waals surface area contributed by atoms with E-state index in [9.17, 15) is 4.79 Å². The topological polar surface area (TPSA) is 96.9 Å². The number of aliphatic hydroxyl groups excluding tert-OH is 1. The Bertz CT molecular complexity index is 995. The third-order valence-corrected chi connectivity index (χ3v) is 5.15. The van der Waals surface area contributed by atoms with Crippen molar-refractivity contribution in [3.05, 3.63) is 65.2 Å². The van der Waals surface area contributed by atoms with Crippen LogP contribution < -0.4 is 15.8 Å². The van der Waals surface area contributed by atoms with Gasteiger partial charge in [-0.15, -0.1) is 0 Å². The second-order valence-electron chi connectivity index (χ2n) is 7.75. The fraction of sp³-hybridized carbons (Fsp3) is 0.333. The van der Waals surface area contributed by atoms with Crippen LogP contribution in [0.2, 0.25) is 0 Å². The third-order valence-electron chi connectivity index (χ3n) is 5.15. The van der Waals surface area contributed by atoms with Crippen LogP contribution in [0.4, 0.5) is 5.69 Å². The van der Waals surface area contributed by atoms with Gasteiger partial charge in [0.25, 0.3) is 0 Å². The molecule has 0 aliphatic heterocycles. The molecule has 6 nitrogen and oxygen atoms in total. The van der Waals surface area contributed by atoms with Crippen LogP contribution in [0.15, 0.2) is 48.0 Å². The summed E-state index contributed by atoms with van der Waals surface area (Å²) >= 11 is 0. The van der Waals surface area contributed by atoms with Crippen molar-refractivity contribution in [3.63, 3.8) is 0 Å². The molecule has 0 bridgehead atoms. The summed E-state index contributed by atoms with van der Waals surface area (Å²) in [6, 6.07) is 11.5. The normalized spacial score (nSPS) is 15.8. The van der Waals surface area contributed by atoms with Gasteiger partial charge in [0, 0.05) is 11.3 Å². The summed E-state index contributed by atoms with van der Waals surface area (Å²) in [5.41, 5.74) is 12.3. The van der Waals surface area contributed by atoms with Crippen LogP contribution in [0.25, 0.3) is 5.70 Å². The van der Waals surface area contributed by atoms with Gasteiger partial charge < -0.3 is 20.9 Å². The summed E-state index contributed by atoms with van der Waals surface area (Å²) < 4.78 is 5.70. The van der Waals surface area contributed by atoms with E-state index >= 15 is 0 Å². The first-order valence-corrected chi connectivity index (χ1v) is 10.1. The molecule has 0 radical (unpaired) electrons. The quantitative estimate of drug-likeness (QED) is 0.482. The number of aliphatic imine (C=N–C) groups is 1. The van der Waals surface area contributed by atoms with E-state index in [1.54, 1.807) is 0 Å². The van der Waals surface area contributed by atoms with Gasteiger partial charge in [0.15, 0.2) is 0 Å². The number of rotatable bonds is 7. The van der Waals surface area contributed by atoms with Gasteiger partial charge in [-0.2, -0.15) is 0 Å². The highest BCUT2D eigenvalue weighted by Crippen LogP contribution is 2.36. The van der Waals surface area contributed by atoms with Crippen LogP contribution in [-0.2, 0) is 11.2 Å². The highest BCUT2D eigenvalue weighted by Gasteiger charge is 2.26. The van der Waals surface area contributed by atoms with Crippen molar-refractivity contribution in [3.8, 4) is 5.75 Å². The van der Waals surface area contributed by atoms with Gasteiger partial charge in [-0.05, 0) is 68.5 Å². The Labute approximate surface area is 177 Å². The molecule has 3 rings (SSSR count). The maximum atomic E-state index is 11.6. The lowest BCUT2D eigenvalue weighted by Gasteiger charge is -2.15. The lowest BCUT2D eigenvalue weighted by molar-refractivity contribution is -0.124. The van der Waals surface area contributed by atoms with Gasteiger partial charge in [0.1, 0.15) is 12.4 Å². The Kier molecular flexibility index (Phi) is 6.57. The van der Waals surface area contributed by atoms with E-state index < -0.39 is 6.61 Å². The average molecular weight is 408 g/mol. The van der Waals surface area contributed by atoms with Crippen molar-refractivity contribution in [2.75, 3.05) is 12.3 Å². The van der Waals surface area contributed by atoms with Crippen LogP contribution in [0.5, 0.6) is 5.75 Å². The molecule has 1 aliphatic carbocycles. The lowest BCUT2D eigenvalue weighted by Crippen LogP contribution is -2.29. The number of carbonyl (C=O) groups excluding carboxylic acids is 1. The first kappa shape index (κ1) is 21.6. The number of nitrogens with two attached hydrogens (primary N) is 1. The molecule has 1 aliphatic rings. The molecule has 0 fully saturated rings. The molecule has 2 aromatic rings. The van der Waals surface area contributed by atoms with Crippen LogP contribution in [0.3, 0.4) is 0 Å². The second kappa shape index (κ2) is 9.13. The van der Waals surface area contributed by atoms with Crippen molar-refractivity contribution in [2.24, 2.45) is 4.99 Å². The maximum absolute atomic E-state index is 11.6. The van der Waals surface area contributed by atoms with Crippen molar-refractivity contribution < 1.29 is 14.6 Å². The van der Waals surface area contributed by atoms with Gasteiger partial charge in [-0.1, -0.05) is 24.8 Å². The summed E-state index contributed by atoms with van der Waals surface area (Å²) in [6.07, 6.45) is 1.67. The molecule has 30 heavy (non-hydrogen) atoms. The molecule has 0 heterocycles. The third kappa shape index (κ3) is 4.71. The van der Waals surface area contributed by atoms with Gasteiger partial charge in [-0.25, -0.2) is 0 Å². The Morgan fingerprint density at radius 2 is 2.13 bits per heavy atom. The van der Waals surface area contributed by atoms with Gasteiger partial charge in [0.05, 0.1) is 23.5 Å². The number of hydrogen-bond donors (Lipinski definition) is 3. The zero-order valence-corrected chi connectivity index (χ0v) is 17.7. The monoisotopic (exact) mass is 407 g/mol. The predicted molar refractivity (Wildman–Crippen MR) is 121 cm³/mol. The molecule has 1 atom stereocenters. The lowest BCUT2D eigenvalue weighted by atomic mass is 10.00. The van der Waals surface area contributed by atoms with E-state index in [4.69, 9.17) is 20.6 Å². The molecule has 6 heteroatoms.